The molecule has 122 valence electrons. The summed E-state index contributed by atoms with van der Waals surface area (Å²) in [6.07, 6.45) is 8.38. The minimum atomic E-state index is -0.661. The lowest BCUT2D eigenvalue weighted by Gasteiger charge is -2.08. The first-order valence-corrected chi connectivity index (χ1v) is 8.41. The van der Waals surface area contributed by atoms with E-state index >= 15 is 0 Å². The van der Waals surface area contributed by atoms with Crippen molar-refractivity contribution >= 4 is 11.1 Å². The minimum absolute atomic E-state index is 0.0237. The van der Waals surface area contributed by atoms with Gasteiger partial charge in [-0.3, -0.25) is 14.8 Å². The Hall–Kier alpha value is -2.11. The number of hydrogen-bond donors (Lipinski definition) is 2. The lowest BCUT2D eigenvalue weighted by molar-refractivity contribution is 0.440. The summed E-state index contributed by atoms with van der Waals surface area (Å²) in [5, 5.41) is 0.294. The highest BCUT2D eigenvalue weighted by molar-refractivity contribution is 5.75. The maximum Gasteiger partial charge on any atom is 0.337 e. The van der Waals surface area contributed by atoms with E-state index in [0.29, 0.717) is 23.3 Å². The Morgan fingerprint density at radius 3 is 2.70 bits per heavy atom. The van der Waals surface area contributed by atoms with Gasteiger partial charge in [-0.25, -0.2) is 9.59 Å². The van der Waals surface area contributed by atoms with Gasteiger partial charge in [0.1, 0.15) is 5.39 Å². The zero-order chi connectivity index (χ0) is 16.0. The van der Waals surface area contributed by atoms with Crippen molar-refractivity contribution in [3.8, 4) is 0 Å². The van der Waals surface area contributed by atoms with Crippen molar-refractivity contribution < 1.29 is 4.42 Å². The van der Waals surface area contributed by atoms with Gasteiger partial charge in [0.2, 0.25) is 5.71 Å². The molecule has 0 bridgehead atoms. The summed E-state index contributed by atoms with van der Waals surface area (Å²) >= 11 is 0. The highest BCUT2D eigenvalue weighted by atomic mass is 16.4. The lowest BCUT2D eigenvalue weighted by atomic mass is 9.98. The fourth-order valence-corrected chi connectivity index (χ4v) is 4.28. The molecule has 0 saturated heterocycles. The van der Waals surface area contributed by atoms with Gasteiger partial charge in [-0.1, -0.05) is 25.7 Å². The maximum atomic E-state index is 12.0. The normalized spacial score (nSPS) is 24.3. The van der Waals surface area contributed by atoms with Crippen LogP contribution in [-0.2, 0) is 6.42 Å². The van der Waals surface area contributed by atoms with Gasteiger partial charge in [0, 0.05) is 6.07 Å². The molecule has 23 heavy (non-hydrogen) atoms. The standard InChI is InChI=1S/C17H20N2O4/c20-13-8-11(14-15(21)18-17(22)19-16(14)23-13)6-5-10-7-12(10)9-3-1-2-4-9/h8-10,12H,1-7H2,(H2,18,19,21,22)/t10-,12+/m1/s1. The van der Waals surface area contributed by atoms with Gasteiger partial charge in [-0.2, -0.15) is 0 Å². The maximum absolute atomic E-state index is 12.0. The molecule has 0 aromatic carbocycles. The van der Waals surface area contributed by atoms with Crippen LogP contribution in [0.1, 0.15) is 44.1 Å². The van der Waals surface area contributed by atoms with Gasteiger partial charge < -0.3 is 4.42 Å². The third-order valence-electron chi connectivity index (χ3n) is 5.49. The quantitative estimate of drug-likeness (QED) is 0.901. The summed E-state index contributed by atoms with van der Waals surface area (Å²) in [4.78, 5) is 39.6. The Bertz CT molecular complexity index is 896. The van der Waals surface area contributed by atoms with Crippen LogP contribution in [0.15, 0.2) is 24.9 Å². The first-order chi connectivity index (χ1) is 11.1. The minimum Gasteiger partial charge on any atom is -0.405 e. The molecule has 2 aromatic heterocycles. The molecule has 2 aliphatic carbocycles. The summed E-state index contributed by atoms with van der Waals surface area (Å²) in [6.45, 7) is 0. The summed E-state index contributed by atoms with van der Waals surface area (Å²) < 4.78 is 4.96. The molecule has 6 nitrogen and oxygen atoms in total. The van der Waals surface area contributed by atoms with Crippen molar-refractivity contribution in [2.24, 2.45) is 17.8 Å². The number of rotatable bonds is 4. The van der Waals surface area contributed by atoms with E-state index in [1.807, 2.05) is 0 Å². The molecule has 2 atom stereocenters. The van der Waals surface area contributed by atoms with Crippen molar-refractivity contribution in [2.45, 2.75) is 44.9 Å². The molecule has 4 rings (SSSR count). The third kappa shape index (κ3) is 2.78. The molecule has 2 aliphatic rings. The van der Waals surface area contributed by atoms with Crippen LogP contribution in [0.25, 0.3) is 11.1 Å². The predicted octanol–water partition coefficient (Wildman–Crippen LogP) is 1.93. The van der Waals surface area contributed by atoms with Gasteiger partial charge in [-0.15, -0.1) is 0 Å². The van der Waals surface area contributed by atoms with E-state index in [1.54, 1.807) is 0 Å². The van der Waals surface area contributed by atoms with Crippen molar-refractivity contribution in [3.63, 3.8) is 0 Å². The summed E-state index contributed by atoms with van der Waals surface area (Å²) in [5.74, 6) is 2.43. The number of fused-ring (bicyclic) bond motifs is 1. The Labute approximate surface area is 131 Å². The molecular weight excluding hydrogens is 296 g/mol. The highest BCUT2D eigenvalue weighted by Crippen LogP contribution is 2.52. The Morgan fingerprint density at radius 2 is 1.91 bits per heavy atom. The number of H-pyrrole nitrogens is 2. The van der Waals surface area contributed by atoms with Gasteiger partial charge >= 0.3 is 11.3 Å². The van der Waals surface area contributed by atoms with Crippen LogP contribution in [0.2, 0.25) is 0 Å². The van der Waals surface area contributed by atoms with E-state index < -0.39 is 16.9 Å². The van der Waals surface area contributed by atoms with Crippen molar-refractivity contribution in [3.05, 3.63) is 42.9 Å². The number of aromatic amines is 2. The molecular formula is C17H20N2O4. The fraction of sp³-hybridized carbons (Fsp3) is 0.588. The van der Waals surface area contributed by atoms with Crippen LogP contribution in [0, 0.1) is 17.8 Å². The first-order valence-electron chi connectivity index (χ1n) is 8.41. The molecule has 0 aliphatic heterocycles. The molecule has 0 spiro atoms. The Morgan fingerprint density at radius 1 is 1.13 bits per heavy atom. The number of aryl methyl sites for hydroxylation is 1. The summed E-state index contributed by atoms with van der Waals surface area (Å²) in [7, 11) is 0. The molecule has 6 heteroatoms. The monoisotopic (exact) mass is 316 g/mol. The average Bonchev–Trinajstić information content (AvgIpc) is 3.05. The summed E-state index contributed by atoms with van der Waals surface area (Å²) in [5.41, 5.74) is -1.04. The first kappa shape index (κ1) is 14.5. The van der Waals surface area contributed by atoms with Crippen LogP contribution < -0.4 is 16.9 Å². The Kier molecular flexibility index (Phi) is 3.47. The van der Waals surface area contributed by atoms with E-state index in [9.17, 15) is 14.4 Å². The zero-order valence-corrected chi connectivity index (χ0v) is 12.9. The van der Waals surface area contributed by atoms with Crippen LogP contribution in [-0.4, -0.2) is 9.97 Å². The zero-order valence-electron chi connectivity index (χ0n) is 12.9. The Balaban J connectivity index is 1.56. The van der Waals surface area contributed by atoms with Crippen LogP contribution in [0.5, 0.6) is 0 Å². The van der Waals surface area contributed by atoms with Crippen LogP contribution in [0.3, 0.4) is 0 Å². The second-order valence-electron chi connectivity index (χ2n) is 6.95. The van der Waals surface area contributed by atoms with Crippen molar-refractivity contribution in [1.82, 2.24) is 9.97 Å². The summed E-state index contributed by atoms with van der Waals surface area (Å²) in [6, 6.07) is 1.38. The fourth-order valence-electron chi connectivity index (χ4n) is 4.28. The largest absolute Gasteiger partial charge is 0.405 e. The smallest absolute Gasteiger partial charge is 0.337 e. The second-order valence-corrected chi connectivity index (χ2v) is 6.95. The van der Waals surface area contributed by atoms with Crippen LogP contribution in [0.4, 0.5) is 0 Å². The topological polar surface area (TPSA) is 95.9 Å². The van der Waals surface area contributed by atoms with E-state index in [1.165, 1.54) is 38.2 Å². The lowest BCUT2D eigenvalue weighted by Crippen LogP contribution is -2.24. The van der Waals surface area contributed by atoms with Gasteiger partial charge in [0.15, 0.2) is 0 Å². The number of hydrogen-bond acceptors (Lipinski definition) is 4. The molecule has 2 aromatic rings. The molecule has 2 fully saturated rings. The average molecular weight is 316 g/mol. The highest BCUT2D eigenvalue weighted by Gasteiger charge is 2.42. The van der Waals surface area contributed by atoms with Crippen LogP contribution >= 0.6 is 0 Å². The number of aromatic nitrogens is 2. The molecule has 2 saturated carbocycles. The predicted molar refractivity (Wildman–Crippen MR) is 85.6 cm³/mol. The van der Waals surface area contributed by atoms with E-state index in [-0.39, 0.29) is 5.71 Å². The van der Waals surface area contributed by atoms with Crippen molar-refractivity contribution in [2.75, 3.05) is 0 Å². The SMILES string of the molecule is O=c1[nH]c(=O)c2c(CC[C@@H]3C[C@H]3C3CCCC3)cc(=O)oc2[nH]1. The molecule has 2 N–H and O–H groups in total. The molecule has 0 radical (unpaired) electrons. The second kappa shape index (κ2) is 5.51. The molecule has 0 unspecified atom stereocenters. The molecule has 2 heterocycles. The number of nitrogens with one attached hydrogen (secondary N) is 2. The van der Waals surface area contributed by atoms with Gasteiger partial charge in [0.25, 0.3) is 5.56 Å². The molecule has 0 amide bonds. The van der Waals surface area contributed by atoms with Crippen molar-refractivity contribution in [1.29, 1.82) is 0 Å². The van der Waals surface area contributed by atoms with Gasteiger partial charge in [0.05, 0.1) is 0 Å². The van der Waals surface area contributed by atoms with E-state index in [0.717, 1.165) is 18.3 Å². The van der Waals surface area contributed by atoms with E-state index in [2.05, 4.69) is 9.97 Å². The van der Waals surface area contributed by atoms with Gasteiger partial charge in [-0.05, 0) is 42.6 Å². The van der Waals surface area contributed by atoms with E-state index in [4.69, 9.17) is 4.42 Å². The third-order valence-corrected chi connectivity index (χ3v) is 5.49.